The Morgan fingerprint density at radius 2 is 1.04 bits per heavy atom. The maximum Gasteiger partial charge on any atom is 0.0794 e. The molecule has 0 aliphatic heterocycles. The van der Waals surface area contributed by atoms with E-state index in [1.165, 1.54) is 86.0 Å². The van der Waals surface area contributed by atoms with Crippen molar-refractivity contribution in [2.45, 2.75) is 20.8 Å². The van der Waals surface area contributed by atoms with Crippen molar-refractivity contribution in [3.05, 3.63) is 150 Å². The van der Waals surface area contributed by atoms with Gasteiger partial charge in [-0.2, -0.15) is 0 Å². The van der Waals surface area contributed by atoms with Crippen molar-refractivity contribution < 1.29 is 0 Å². The van der Waals surface area contributed by atoms with Crippen LogP contribution in [0.1, 0.15) is 16.7 Å². The number of nitrogens with zero attached hydrogens (tertiary/aromatic N) is 1. The number of benzene rings is 7. The van der Waals surface area contributed by atoms with E-state index in [0.717, 1.165) is 16.8 Å². The van der Waals surface area contributed by atoms with E-state index in [4.69, 9.17) is 4.98 Å². The SMILES string of the molecule is Cc1cc(C)c(-c2cc3c4ccccc4c4ccccc4c3nc2-c2cccc(-c3cccc4c3sc3ccccc34)c2)c(C)c1. The Morgan fingerprint density at radius 1 is 0.457 bits per heavy atom. The van der Waals surface area contributed by atoms with Gasteiger partial charge in [0.05, 0.1) is 11.2 Å². The average molecular weight is 606 g/mol. The maximum atomic E-state index is 5.64. The first-order chi connectivity index (χ1) is 22.5. The molecular weight excluding hydrogens is 575 g/mol. The fraction of sp³-hybridized carbons (Fsp3) is 0.0682. The van der Waals surface area contributed by atoms with Crippen LogP contribution < -0.4 is 0 Å². The molecule has 0 N–H and O–H groups in total. The fourth-order valence-corrected chi connectivity index (χ4v) is 8.86. The second-order valence-electron chi connectivity index (χ2n) is 12.5. The van der Waals surface area contributed by atoms with Crippen LogP contribution in [0.2, 0.25) is 0 Å². The molecule has 0 aliphatic rings. The molecule has 0 saturated heterocycles. The quantitative estimate of drug-likeness (QED) is 0.183. The third-order valence-electron chi connectivity index (χ3n) is 9.51. The van der Waals surface area contributed by atoms with Gasteiger partial charge in [0.2, 0.25) is 0 Å². The molecule has 2 heteroatoms. The Hall–Kier alpha value is -5.31. The summed E-state index contributed by atoms with van der Waals surface area (Å²) in [6.07, 6.45) is 0. The first kappa shape index (κ1) is 27.0. The van der Waals surface area contributed by atoms with Gasteiger partial charge in [0, 0.05) is 42.1 Å². The molecular formula is C44H31NS. The summed E-state index contributed by atoms with van der Waals surface area (Å²) in [5.74, 6) is 0. The summed E-state index contributed by atoms with van der Waals surface area (Å²) >= 11 is 1.88. The van der Waals surface area contributed by atoms with E-state index in [0.29, 0.717) is 0 Å². The predicted octanol–water partition coefficient (Wildman–Crippen LogP) is 12.8. The highest BCUT2D eigenvalue weighted by Gasteiger charge is 2.19. The van der Waals surface area contributed by atoms with Gasteiger partial charge in [-0.25, -0.2) is 4.98 Å². The normalized spacial score (nSPS) is 11.8. The van der Waals surface area contributed by atoms with Crippen molar-refractivity contribution in [3.63, 3.8) is 0 Å². The molecule has 0 saturated carbocycles. The summed E-state index contributed by atoms with van der Waals surface area (Å²) in [5.41, 5.74) is 12.0. The lowest BCUT2D eigenvalue weighted by Gasteiger charge is -2.19. The van der Waals surface area contributed by atoms with E-state index in [1.54, 1.807) is 0 Å². The first-order valence-electron chi connectivity index (χ1n) is 15.9. The van der Waals surface area contributed by atoms with Crippen LogP contribution in [0, 0.1) is 20.8 Å². The highest BCUT2D eigenvalue weighted by molar-refractivity contribution is 7.26. The van der Waals surface area contributed by atoms with Crippen molar-refractivity contribution in [1.82, 2.24) is 4.98 Å². The van der Waals surface area contributed by atoms with Crippen molar-refractivity contribution in [2.24, 2.45) is 0 Å². The molecule has 0 amide bonds. The van der Waals surface area contributed by atoms with E-state index in [-0.39, 0.29) is 0 Å². The van der Waals surface area contributed by atoms with Gasteiger partial charge in [0.25, 0.3) is 0 Å². The van der Waals surface area contributed by atoms with Gasteiger partial charge in [-0.3, -0.25) is 0 Å². The topological polar surface area (TPSA) is 12.9 Å². The number of hydrogen-bond acceptors (Lipinski definition) is 2. The Morgan fingerprint density at radius 3 is 1.80 bits per heavy atom. The van der Waals surface area contributed by atoms with Gasteiger partial charge in [-0.1, -0.05) is 121 Å². The summed E-state index contributed by atoms with van der Waals surface area (Å²) in [5, 5.41) is 8.77. The van der Waals surface area contributed by atoms with Crippen molar-refractivity contribution in [2.75, 3.05) is 0 Å². The van der Waals surface area contributed by atoms with Gasteiger partial charge in [0.15, 0.2) is 0 Å². The number of aromatic nitrogens is 1. The minimum absolute atomic E-state index is 1.02. The first-order valence-corrected chi connectivity index (χ1v) is 16.7. The smallest absolute Gasteiger partial charge is 0.0794 e. The highest BCUT2D eigenvalue weighted by atomic mass is 32.1. The second-order valence-corrected chi connectivity index (χ2v) is 13.6. The lowest BCUT2D eigenvalue weighted by atomic mass is 9.88. The van der Waals surface area contributed by atoms with Gasteiger partial charge >= 0.3 is 0 Å². The molecule has 2 aromatic heterocycles. The average Bonchev–Trinajstić information content (AvgIpc) is 3.47. The van der Waals surface area contributed by atoms with E-state index in [2.05, 4.69) is 154 Å². The zero-order valence-corrected chi connectivity index (χ0v) is 26.9. The van der Waals surface area contributed by atoms with E-state index >= 15 is 0 Å². The van der Waals surface area contributed by atoms with Crippen molar-refractivity contribution >= 4 is 64.0 Å². The second kappa shape index (κ2) is 10.4. The number of hydrogen-bond donors (Lipinski definition) is 0. The van der Waals surface area contributed by atoms with Crippen LogP contribution in [0.5, 0.6) is 0 Å². The molecule has 0 aliphatic carbocycles. The Kier molecular flexibility index (Phi) is 6.10. The monoisotopic (exact) mass is 605 g/mol. The van der Waals surface area contributed by atoms with Crippen LogP contribution in [0.4, 0.5) is 0 Å². The highest BCUT2D eigenvalue weighted by Crippen LogP contribution is 2.44. The van der Waals surface area contributed by atoms with E-state index < -0.39 is 0 Å². The maximum absolute atomic E-state index is 5.64. The molecule has 0 bridgehead atoms. The minimum atomic E-state index is 1.02. The van der Waals surface area contributed by atoms with Gasteiger partial charge in [-0.15, -0.1) is 11.3 Å². The molecule has 0 spiro atoms. The van der Waals surface area contributed by atoms with Crippen LogP contribution in [-0.4, -0.2) is 4.98 Å². The zero-order chi connectivity index (χ0) is 30.9. The van der Waals surface area contributed by atoms with Gasteiger partial charge < -0.3 is 0 Å². The lowest BCUT2D eigenvalue weighted by molar-refractivity contribution is 1.31. The largest absolute Gasteiger partial charge is 0.246 e. The molecule has 0 atom stereocenters. The number of pyridine rings is 1. The van der Waals surface area contributed by atoms with Crippen LogP contribution in [0.15, 0.2) is 133 Å². The molecule has 218 valence electrons. The summed E-state index contributed by atoms with van der Waals surface area (Å²) < 4.78 is 2.65. The molecule has 1 nitrogen and oxygen atoms in total. The third kappa shape index (κ3) is 4.11. The van der Waals surface area contributed by atoms with Crippen molar-refractivity contribution in [3.8, 4) is 33.5 Å². The molecule has 7 aromatic carbocycles. The summed E-state index contributed by atoms with van der Waals surface area (Å²) in [6, 6.07) is 49.0. The molecule has 9 aromatic rings. The predicted molar refractivity (Wildman–Crippen MR) is 200 cm³/mol. The van der Waals surface area contributed by atoms with Crippen molar-refractivity contribution in [1.29, 1.82) is 0 Å². The Balaban J connectivity index is 1.37. The standard InChI is InChI=1S/C44H31NS/c1-26-22-27(2)41(28(3)23-26)39-25-38-34-16-5-4-14-32(34)33-15-6-7-18-36(33)43(38)45-42(39)30-13-10-12-29(24-30)31-19-11-20-37-35-17-8-9-21-40(35)46-44(31)37/h4-25H,1-3H3. The summed E-state index contributed by atoms with van der Waals surface area (Å²) in [4.78, 5) is 5.64. The van der Waals surface area contributed by atoms with Gasteiger partial charge in [0.1, 0.15) is 0 Å². The molecule has 9 rings (SSSR count). The molecule has 2 heterocycles. The lowest BCUT2D eigenvalue weighted by Crippen LogP contribution is -1.97. The van der Waals surface area contributed by atoms with Crippen LogP contribution in [0.3, 0.4) is 0 Å². The summed E-state index contributed by atoms with van der Waals surface area (Å²) in [7, 11) is 0. The summed E-state index contributed by atoms with van der Waals surface area (Å²) in [6.45, 7) is 6.65. The Bertz CT molecular complexity index is 2650. The fourth-order valence-electron chi connectivity index (χ4n) is 7.63. The number of aryl methyl sites for hydroxylation is 3. The number of thiophene rings is 1. The molecule has 0 fully saturated rings. The molecule has 0 unspecified atom stereocenters. The van der Waals surface area contributed by atoms with E-state index in [9.17, 15) is 0 Å². The van der Waals surface area contributed by atoms with Gasteiger partial charge in [-0.05, 0) is 82.9 Å². The molecule has 46 heavy (non-hydrogen) atoms. The Labute approximate surface area is 272 Å². The third-order valence-corrected chi connectivity index (χ3v) is 10.7. The van der Waals surface area contributed by atoms with Crippen LogP contribution >= 0.6 is 11.3 Å². The van der Waals surface area contributed by atoms with Crippen LogP contribution in [-0.2, 0) is 0 Å². The number of rotatable bonds is 3. The number of fused-ring (bicyclic) bond motifs is 9. The molecule has 0 radical (unpaired) electrons. The van der Waals surface area contributed by atoms with E-state index in [1.807, 2.05) is 11.3 Å². The zero-order valence-electron chi connectivity index (χ0n) is 26.1. The van der Waals surface area contributed by atoms with Crippen LogP contribution in [0.25, 0.3) is 86.1 Å². The minimum Gasteiger partial charge on any atom is -0.246 e.